The van der Waals surface area contributed by atoms with Crippen molar-refractivity contribution < 1.29 is 4.79 Å². The second-order valence-corrected chi connectivity index (χ2v) is 5.85. The first-order chi connectivity index (χ1) is 7.58. The lowest BCUT2D eigenvalue weighted by molar-refractivity contribution is 0.104. The van der Waals surface area contributed by atoms with Crippen LogP contribution in [0.2, 0.25) is 0 Å². The summed E-state index contributed by atoms with van der Waals surface area (Å²) in [5.74, 6) is 0.0961. The third-order valence-corrected chi connectivity index (χ3v) is 4.25. The molecule has 1 heterocycles. The van der Waals surface area contributed by atoms with Gasteiger partial charge in [0.1, 0.15) is 0 Å². The molecule has 82 valence electrons. The van der Waals surface area contributed by atoms with Crippen molar-refractivity contribution in [1.29, 1.82) is 0 Å². The maximum absolute atomic E-state index is 12.1. The first-order valence-corrected chi connectivity index (χ1v) is 6.56. The van der Waals surface area contributed by atoms with Gasteiger partial charge in [0.2, 0.25) is 5.78 Å². The van der Waals surface area contributed by atoms with Gasteiger partial charge in [-0.25, -0.2) is 0 Å². The summed E-state index contributed by atoms with van der Waals surface area (Å²) in [5.41, 5.74) is 1.87. The molecule has 1 aromatic heterocycles. The van der Waals surface area contributed by atoms with E-state index >= 15 is 0 Å². The molecule has 0 spiro atoms. The topological polar surface area (TPSA) is 17.1 Å². The highest BCUT2D eigenvalue weighted by atomic mass is 79.9. The van der Waals surface area contributed by atoms with E-state index in [9.17, 15) is 4.79 Å². The second-order valence-electron chi connectivity index (χ2n) is 3.70. The molecule has 1 aromatic carbocycles. The van der Waals surface area contributed by atoms with Crippen LogP contribution in [0.25, 0.3) is 0 Å². The van der Waals surface area contributed by atoms with Gasteiger partial charge in [-0.1, -0.05) is 28.1 Å². The molecular formula is C13H11BrOS. The fraction of sp³-hybridized carbons (Fsp3) is 0.154. The van der Waals surface area contributed by atoms with E-state index in [2.05, 4.69) is 15.9 Å². The van der Waals surface area contributed by atoms with Gasteiger partial charge in [-0.2, -0.15) is 0 Å². The molecule has 3 heteroatoms. The molecule has 0 unspecified atom stereocenters. The smallest absolute Gasteiger partial charge is 0.202 e. The molecule has 0 atom stereocenters. The van der Waals surface area contributed by atoms with E-state index in [1.54, 1.807) is 0 Å². The molecule has 0 amide bonds. The third-order valence-electron chi connectivity index (χ3n) is 2.40. The SMILES string of the molecule is Cc1ccc(C(=O)c2ccc(C)c(Br)c2)s1. The normalized spacial score (nSPS) is 10.4. The van der Waals surface area contributed by atoms with Crippen molar-refractivity contribution in [3.63, 3.8) is 0 Å². The van der Waals surface area contributed by atoms with Crippen LogP contribution < -0.4 is 0 Å². The molecule has 0 N–H and O–H groups in total. The molecule has 2 rings (SSSR count). The number of rotatable bonds is 2. The summed E-state index contributed by atoms with van der Waals surface area (Å²) in [6.45, 7) is 4.01. The van der Waals surface area contributed by atoms with Crippen molar-refractivity contribution in [3.8, 4) is 0 Å². The van der Waals surface area contributed by atoms with Crippen LogP contribution in [0.15, 0.2) is 34.8 Å². The van der Waals surface area contributed by atoms with Gasteiger partial charge in [0, 0.05) is 14.9 Å². The maximum atomic E-state index is 12.1. The summed E-state index contributed by atoms with van der Waals surface area (Å²) in [6.07, 6.45) is 0. The van der Waals surface area contributed by atoms with Crippen LogP contribution in [-0.2, 0) is 0 Å². The zero-order valence-electron chi connectivity index (χ0n) is 9.08. The Morgan fingerprint density at radius 1 is 1.19 bits per heavy atom. The van der Waals surface area contributed by atoms with Gasteiger partial charge >= 0.3 is 0 Å². The minimum absolute atomic E-state index is 0.0961. The minimum atomic E-state index is 0.0961. The van der Waals surface area contributed by atoms with Crippen LogP contribution in [0.1, 0.15) is 25.7 Å². The predicted octanol–water partition coefficient (Wildman–Crippen LogP) is 4.36. The highest BCUT2D eigenvalue weighted by molar-refractivity contribution is 9.10. The lowest BCUT2D eigenvalue weighted by atomic mass is 10.1. The number of carbonyl (C=O) groups is 1. The lowest BCUT2D eigenvalue weighted by Gasteiger charge is -2.01. The van der Waals surface area contributed by atoms with E-state index < -0.39 is 0 Å². The van der Waals surface area contributed by atoms with E-state index in [1.807, 2.05) is 44.2 Å². The standard InChI is InChI=1S/C13H11BrOS/c1-8-3-5-10(7-11(8)14)13(15)12-6-4-9(2)16-12/h3-7H,1-2H3. The Hall–Kier alpha value is -0.930. The summed E-state index contributed by atoms with van der Waals surface area (Å²) in [5, 5.41) is 0. The van der Waals surface area contributed by atoms with Crippen molar-refractivity contribution in [3.05, 3.63) is 55.7 Å². The Bertz CT molecular complexity index is 543. The molecule has 2 aromatic rings. The predicted molar refractivity (Wildman–Crippen MR) is 71.4 cm³/mol. The highest BCUT2D eigenvalue weighted by Crippen LogP contribution is 2.22. The number of carbonyl (C=O) groups excluding carboxylic acids is 1. The number of benzene rings is 1. The Morgan fingerprint density at radius 3 is 2.50 bits per heavy atom. The molecular weight excluding hydrogens is 284 g/mol. The molecule has 0 saturated carbocycles. The fourth-order valence-electron chi connectivity index (χ4n) is 1.43. The molecule has 0 saturated heterocycles. The van der Waals surface area contributed by atoms with E-state index in [0.29, 0.717) is 0 Å². The van der Waals surface area contributed by atoms with Gasteiger partial charge < -0.3 is 0 Å². The summed E-state index contributed by atoms with van der Waals surface area (Å²) in [7, 11) is 0. The van der Waals surface area contributed by atoms with Crippen molar-refractivity contribution in [2.24, 2.45) is 0 Å². The van der Waals surface area contributed by atoms with Crippen LogP contribution >= 0.6 is 27.3 Å². The molecule has 16 heavy (non-hydrogen) atoms. The molecule has 1 nitrogen and oxygen atoms in total. The van der Waals surface area contributed by atoms with Gasteiger partial charge in [0.25, 0.3) is 0 Å². The van der Waals surface area contributed by atoms with Gasteiger partial charge in [0.15, 0.2) is 0 Å². The van der Waals surface area contributed by atoms with Gasteiger partial charge in [0.05, 0.1) is 4.88 Å². The second kappa shape index (κ2) is 4.52. The first kappa shape index (κ1) is 11.6. The number of hydrogen-bond acceptors (Lipinski definition) is 2. The molecule has 0 radical (unpaired) electrons. The summed E-state index contributed by atoms with van der Waals surface area (Å²) in [6, 6.07) is 9.57. The van der Waals surface area contributed by atoms with Crippen molar-refractivity contribution in [2.45, 2.75) is 13.8 Å². The molecule has 0 bridgehead atoms. The largest absolute Gasteiger partial charge is 0.288 e. The van der Waals surface area contributed by atoms with Crippen molar-refractivity contribution >= 4 is 33.0 Å². The van der Waals surface area contributed by atoms with Crippen LogP contribution in [0.4, 0.5) is 0 Å². The average molecular weight is 295 g/mol. The Morgan fingerprint density at radius 2 is 1.94 bits per heavy atom. The zero-order valence-corrected chi connectivity index (χ0v) is 11.5. The zero-order chi connectivity index (χ0) is 11.7. The molecule has 0 aliphatic carbocycles. The molecule has 0 fully saturated rings. The number of ketones is 1. The summed E-state index contributed by atoms with van der Waals surface area (Å²) in [4.78, 5) is 14.1. The van der Waals surface area contributed by atoms with Crippen LogP contribution in [0.3, 0.4) is 0 Å². The minimum Gasteiger partial charge on any atom is -0.288 e. The number of aryl methyl sites for hydroxylation is 2. The summed E-state index contributed by atoms with van der Waals surface area (Å²) >= 11 is 4.98. The quantitative estimate of drug-likeness (QED) is 0.752. The highest BCUT2D eigenvalue weighted by Gasteiger charge is 2.11. The van der Waals surface area contributed by atoms with Crippen LogP contribution in [-0.4, -0.2) is 5.78 Å². The monoisotopic (exact) mass is 294 g/mol. The van der Waals surface area contributed by atoms with E-state index in [1.165, 1.54) is 11.3 Å². The number of halogens is 1. The number of thiophene rings is 1. The Labute approximate surface area is 107 Å². The average Bonchev–Trinajstić information content (AvgIpc) is 2.68. The van der Waals surface area contributed by atoms with Gasteiger partial charge in [-0.3, -0.25) is 4.79 Å². The Kier molecular flexibility index (Phi) is 3.26. The van der Waals surface area contributed by atoms with E-state index in [4.69, 9.17) is 0 Å². The lowest BCUT2D eigenvalue weighted by Crippen LogP contribution is -1.98. The third kappa shape index (κ3) is 2.25. The molecule has 0 aliphatic rings. The van der Waals surface area contributed by atoms with Crippen molar-refractivity contribution in [1.82, 2.24) is 0 Å². The van der Waals surface area contributed by atoms with Crippen molar-refractivity contribution in [2.75, 3.05) is 0 Å². The van der Waals surface area contributed by atoms with E-state index in [-0.39, 0.29) is 5.78 Å². The fourth-order valence-corrected chi connectivity index (χ4v) is 2.64. The molecule has 0 aliphatic heterocycles. The van der Waals surface area contributed by atoms with Gasteiger partial charge in [-0.15, -0.1) is 11.3 Å². The van der Waals surface area contributed by atoms with E-state index in [0.717, 1.165) is 25.4 Å². The van der Waals surface area contributed by atoms with Crippen LogP contribution in [0.5, 0.6) is 0 Å². The first-order valence-electron chi connectivity index (χ1n) is 4.95. The summed E-state index contributed by atoms with van der Waals surface area (Å²) < 4.78 is 0.978. The van der Waals surface area contributed by atoms with Gasteiger partial charge in [-0.05, 0) is 37.6 Å². The van der Waals surface area contributed by atoms with Crippen LogP contribution in [0, 0.1) is 13.8 Å². The number of hydrogen-bond donors (Lipinski definition) is 0. The maximum Gasteiger partial charge on any atom is 0.202 e. The Balaban J connectivity index is 2.38.